The van der Waals surface area contributed by atoms with Crippen molar-refractivity contribution in [2.45, 2.75) is 6.92 Å². The van der Waals surface area contributed by atoms with Crippen molar-refractivity contribution >= 4 is 0 Å². The number of hydrogen-bond acceptors (Lipinski definition) is 3. The number of nitriles is 1. The van der Waals surface area contributed by atoms with Crippen LogP contribution in [0.25, 0.3) is 33.6 Å². The molecule has 0 spiro atoms. The second-order valence-electron chi connectivity index (χ2n) is 7.34. The normalized spacial score (nSPS) is 9.65. The van der Waals surface area contributed by atoms with Crippen LogP contribution in [0.1, 0.15) is 11.1 Å². The van der Waals surface area contributed by atoms with Crippen LogP contribution < -0.4 is 0 Å². The van der Waals surface area contributed by atoms with E-state index in [1.807, 2.05) is 72.9 Å². The number of pyridine rings is 2. The zero-order valence-electron chi connectivity index (χ0n) is 18.6. The molecule has 4 heteroatoms. The van der Waals surface area contributed by atoms with Crippen molar-refractivity contribution in [2.24, 2.45) is 0 Å². The maximum Gasteiger partial charge on any atom is 0.0476 e. The van der Waals surface area contributed by atoms with E-state index in [0.717, 1.165) is 28.1 Å². The second-order valence-corrected chi connectivity index (χ2v) is 7.34. The molecule has 0 unspecified atom stereocenters. The Morgan fingerprint density at radius 1 is 0.765 bits per heavy atom. The first kappa shape index (κ1) is 24.7. The third-order valence-electron chi connectivity index (χ3n) is 5.06. The molecular formula is C30H21IrN3-2. The molecule has 0 aliphatic heterocycles. The summed E-state index contributed by atoms with van der Waals surface area (Å²) in [5.41, 5.74) is 7.85. The molecule has 2 aromatic heterocycles. The van der Waals surface area contributed by atoms with Gasteiger partial charge in [-0.25, -0.2) is 5.26 Å². The van der Waals surface area contributed by atoms with Gasteiger partial charge in [0.2, 0.25) is 0 Å². The predicted octanol–water partition coefficient (Wildman–Crippen LogP) is 6.94. The van der Waals surface area contributed by atoms with Crippen molar-refractivity contribution in [3.63, 3.8) is 0 Å². The van der Waals surface area contributed by atoms with Gasteiger partial charge < -0.3 is 9.97 Å². The number of aryl methyl sites for hydroxylation is 1. The molecule has 3 aromatic carbocycles. The van der Waals surface area contributed by atoms with Gasteiger partial charge in [-0.05, 0) is 46.6 Å². The van der Waals surface area contributed by atoms with Gasteiger partial charge in [-0.1, -0.05) is 48.5 Å². The summed E-state index contributed by atoms with van der Waals surface area (Å²) in [6.45, 7) is 2.06. The molecule has 0 saturated heterocycles. The van der Waals surface area contributed by atoms with Crippen molar-refractivity contribution < 1.29 is 20.1 Å². The molecule has 34 heavy (non-hydrogen) atoms. The first-order valence-electron chi connectivity index (χ1n) is 10.6. The van der Waals surface area contributed by atoms with Crippen LogP contribution in [0.5, 0.6) is 0 Å². The molecule has 0 aliphatic carbocycles. The second kappa shape index (κ2) is 12.4. The maximum absolute atomic E-state index is 8.84. The summed E-state index contributed by atoms with van der Waals surface area (Å²) in [6.07, 6.45) is 3.67. The van der Waals surface area contributed by atoms with E-state index in [9.17, 15) is 0 Å². The van der Waals surface area contributed by atoms with Gasteiger partial charge in [0, 0.05) is 38.6 Å². The molecule has 0 N–H and O–H groups in total. The quantitative estimate of drug-likeness (QED) is 0.207. The molecule has 0 fully saturated rings. The number of nitrogens with zero attached hydrogens (tertiary/aromatic N) is 3. The zero-order chi connectivity index (χ0) is 22.9. The van der Waals surface area contributed by atoms with E-state index in [1.54, 1.807) is 18.3 Å². The molecule has 1 radical (unpaired) electrons. The van der Waals surface area contributed by atoms with Gasteiger partial charge in [-0.3, -0.25) is 0 Å². The van der Waals surface area contributed by atoms with Gasteiger partial charge >= 0.3 is 0 Å². The smallest absolute Gasteiger partial charge is 0.0476 e. The Hall–Kier alpha value is -3.90. The van der Waals surface area contributed by atoms with Crippen molar-refractivity contribution in [1.29, 1.82) is 5.26 Å². The van der Waals surface area contributed by atoms with E-state index >= 15 is 0 Å². The summed E-state index contributed by atoms with van der Waals surface area (Å²) in [4.78, 5) is 8.69. The van der Waals surface area contributed by atoms with Crippen LogP contribution in [0.4, 0.5) is 0 Å². The standard InChI is InChI=1S/C19H13N2.C11H8N.Ir/c1-14-13-21-19(17-9-7-15(12-20)8-10-17)11-18(14)16-5-3-2-4-6-16;1-2-6-10(7-3-1)11-8-4-5-9-12-11;/h2-9,11,13H,1H3;1-6,8-9H;/q2*-1;. The molecule has 3 nitrogen and oxygen atoms in total. The summed E-state index contributed by atoms with van der Waals surface area (Å²) in [5.74, 6) is 0. The summed E-state index contributed by atoms with van der Waals surface area (Å²) < 4.78 is 0. The molecule has 0 saturated carbocycles. The van der Waals surface area contributed by atoms with Gasteiger partial charge in [-0.15, -0.1) is 65.7 Å². The van der Waals surface area contributed by atoms with Crippen molar-refractivity contribution in [2.75, 3.05) is 0 Å². The van der Waals surface area contributed by atoms with E-state index in [1.165, 1.54) is 11.1 Å². The third kappa shape index (κ3) is 6.33. The van der Waals surface area contributed by atoms with Crippen molar-refractivity contribution in [1.82, 2.24) is 9.97 Å². The van der Waals surface area contributed by atoms with Gasteiger partial charge in [-0.2, -0.15) is 0 Å². The van der Waals surface area contributed by atoms with E-state index in [0.29, 0.717) is 5.56 Å². The van der Waals surface area contributed by atoms with Crippen LogP contribution in [0.2, 0.25) is 0 Å². The van der Waals surface area contributed by atoms with Crippen molar-refractivity contribution in [3.8, 4) is 39.7 Å². The first-order valence-corrected chi connectivity index (χ1v) is 10.6. The minimum Gasteiger partial charge on any atom is -0.305 e. The Labute approximate surface area is 214 Å². The molecule has 5 aromatic rings. The molecule has 0 amide bonds. The van der Waals surface area contributed by atoms with Gasteiger partial charge in [0.25, 0.3) is 0 Å². The third-order valence-corrected chi connectivity index (χ3v) is 5.06. The van der Waals surface area contributed by atoms with Crippen LogP contribution in [0.15, 0.2) is 109 Å². The molecule has 167 valence electrons. The van der Waals surface area contributed by atoms with Gasteiger partial charge in [0.1, 0.15) is 0 Å². The fourth-order valence-corrected chi connectivity index (χ4v) is 3.33. The monoisotopic (exact) mass is 616 g/mol. The number of rotatable bonds is 3. The molecular weight excluding hydrogens is 595 g/mol. The van der Waals surface area contributed by atoms with Crippen LogP contribution >= 0.6 is 0 Å². The Kier molecular flexibility index (Phi) is 9.00. The fourth-order valence-electron chi connectivity index (χ4n) is 3.33. The zero-order valence-corrected chi connectivity index (χ0v) is 21.0. The van der Waals surface area contributed by atoms with E-state index in [2.05, 4.69) is 53.3 Å². The van der Waals surface area contributed by atoms with Gasteiger partial charge in [0.05, 0.1) is 0 Å². The van der Waals surface area contributed by atoms with Crippen LogP contribution in [-0.2, 0) is 20.1 Å². The van der Waals surface area contributed by atoms with Crippen LogP contribution in [-0.4, -0.2) is 9.97 Å². The summed E-state index contributed by atoms with van der Waals surface area (Å²) in [7, 11) is 0. The Morgan fingerprint density at radius 2 is 1.53 bits per heavy atom. The summed E-state index contributed by atoms with van der Waals surface area (Å²) >= 11 is 0. The Morgan fingerprint density at radius 3 is 2.18 bits per heavy atom. The summed E-state index contributed by atoms with van der Waals surface area (Å²) in [5, 5.41) is 8.84. The first-order chi connectivity index (χ1) is 16.2. The topological polar surface area (TPSA) is 49.6 Å². The molecule has 0 bridgehead atoms. The largest absolute Gasteiger partial charge is 0.305 e. The predicted molar refractivity (Wildman–Crippen MR) is 132 cm³/mol. The number of benzene rings is 3. The SMILES string of the molecule is Cc1cnc(-c2[c-]cc(C#N)cc2)cc1-c1ccccc1.[Ir].[c-]1ccccc1-c1ccccn1. The fraction of sp³-hybridized carbons (Fsp3) is 0.0333. The van der Waals surface area contributed by atoms with Crippen molar-refractivity contribution in [3.05, 3.63) is 133 Å². The summed E-state index contributed by atoms with van der Waals surface area (Å²) in [6, 6.07) is 39.7. The molecule has 0 atom stereocenters. The minimum atomic E-state index is 0. The Bertz CT molecular complexity index is 1310. The number of aromatic nitrogens is 2. The number of hydrogen-bond donors (Lipinski definition) is 0. The average molecular weight is 616 g/mol. The van der Waals surface area contributed by atoms with Gasteiger partial charge in [0.15, 0.2) is 0 Å². The Balaban J connectivity index is 0.000000212. The van der Waals surface area contributed by atoms with Crippen LogP contribution in [0.3, 0.4) is 0 Å². The molecule has 2 heterocycles. The minimum absolute atomic E-state index is 0. The molecule has 0 aliphatic rings. The van der Waals surface area contributed by atoms with E-state index in [4.69, 9.17) is 5.26 Å². The maximum atomic E-state index is 8.84. The van der Waals surface area contributed by atoms with Crippen LogP contribution in [0, 0.1) is 30.4 Å². The van der Waals surface area contributed by atoms with E-state index in [-0.39, 0.29) is 20.1 Å². The average Bonchev–Trinajstić information content (AvgIpc) is 2.91. The molecule has 5 rings (SSSR count). The van der Waals surface area contributed by atoms with E-state index < -0.39 is 0 Å².